The fourth-order valence-corrected chi connectivity index (χ4v) is 2.63. The summed E-state index contributed by atoms with van der Waals surface area (Å²) in [5, 5.41) is 3.39. The molecule has 1 unspecified atom stereocenters. The number of aliphatic imine (C=N–C) groups is 1. The molecule has 0 spiro atoms. The van der Waals surface area contributed by atoms with Crippen LogP contribution < -0.4 is 5.32 Å². The van der Waals surface area contributed by atoms with Crippen molar-refractivity contribution in [3.05, 3.63) is 36.3 Å². The zero-order chi connectivity index (χ0) is 14.2. The maximum absolute atomic E-state index is 5.33. The highest BCUT2D eigenvalue weighted by Gasteiger charge is 2.14. The van der Waals surface area contributed by atoms with Crippen molar-refractivity contribution in [3.8, 4) is 0 Å². The van der Waals surface area contributed by atoms with Gasteiger partial charge in [-0.15, -0.1) is 0 Å². The van der Waals surface area contributed by atoms with Crippen molar-refractivity contribution < 1.29 is 4.42 Å². The fourth-order valence-electron chi connectivity index (χ4n) is 2.63. The van der Waals surface area contributed by atoms with Crippen LogP contribution in [0.25, 0.3) is 0 Å². The second kappa shape index (κ2) is 7.78. The normalized spacial score (nSPS) is 19.1. The molecule has 0 radical (unpaired) electrons. The molecule has 0 aromatic carbocycles. The van der Waals surface area contributed by atoms with Gasteiger partial charge >= 0.3 is 0 Å². The molecule has 1 aromatic heterocycles. The number of nitrogens with one attached hydrogen (secondary N) is 1. The lowest BCUT2D eigenvalue weighted by molar-refractivity contribution is 0.352. The van der Waals surface area contributed by atoms with E-state index in [2.05, 4.69) is 34.4 Å². The Morgan fingerprint density at radius 2 is 2.40 bits per heavy atom. The predicted octanol–water partition coefficient (Wildman–Crippen LogP) is 2.69. The maximum atomic E-state index is 5.33. The van der Waals surface area contributed by atoms with E-state index in [0.29, 0.717) is 0 Å². The van der Waals surface area contributed by atoms with E-state index < -0.39 is 0 Å². The van der Waals surface area contributed by atoms with Crippen LogP contribution in [-0.2, 0) is 6.42 Å². The Kier molecular flexibility index (Phi) is 5.71. The predicted molar refractivity (Wildman–Crippen MR) is 82.9 cm³/mol. The molecule has 4 heteroatoms. The lowest BCUT2D eigenvalue weighted by Crippen LogP contribution is -2.42. The van der Waals surface area contributed by atoms with Gasteiger partial charge in [0.05, 0.1) is 6.26 Å². The van der Waals surface area contributed by atoms with Crippen LogP contribution in [0.4, 0.5) is 0 Å². The van der Waals surface area contributed by atoms with Crippen LogP contribution in [0.15, 0.2) is 40.0 Å². The standard InChI is InChI=1S/C16H25N3O/c1-17-16(18-11-10-15-9-6-12-20-15)19(2)13-14-7-4-3-5-8-14/h3-4,6,9,12,14H,5,7-8,10-11,13H2,1-2H3,(H,17,18). The molecule has 0 fully saturated rings. The zero-order valence-corrected chi connectivity index (χ0v) is 12.5. The average Bonchev–Trinajstić information content (AvgIpc) is 2.98. The lowest BCUT2D eigenvalue weighted by Gasteiger charge is -2.27. The number of nitrogens with zero attached hydrogens (tertiary/aromatic N) is 2. The van der Waals surface area contributed by atoms with Gasteiger partial charge in [0.1, 0.15) is 5.76 Å². The molecule has 1 N–H and O–H groups in total. The molecule has 0 bridgehead atoms. The summed E-state index contributed by atoms with van der Waals surface area (Å²) in [4.78, 5) is 6.58. The van der Waals surface area contributed by atoms with Gasteiger partial charge in [-0.25, -0.2) is 0 Å². The second-order valence-corrected chi connectivity index (χ2v) is 5.33. The van der Waals surface area contributed by atoms with Gasteiger partial charge < -0.3 is 14.6 Å². The molecule has 1 heterocycles. The first-order valence-electron chi connectivity index (χ1n) is 7.38. The largest absolute Gasteiger partial charge is 0.469 e. The van der Waals surface area contributed by atoms with Crippen LogP contribution in [0.5, 0.6) is 0 Å². The van der Waals surface area contributed by atoms with Crippen molar-refractivity contribution in [1.29, 1.82) is 0 Å². The van der Waals surface area contributed by atoms with E-state index >= 15 is 0 Å². The summed E-state index contributed by atoms with van der Waals surface area (Å²) in [5.74, 6) is 2.72. The first-order valence-corrected chi connectivity index (χ1v) is 7.38. The highest BCUT2D eigenvalue weighted by Crippen LogP contribution is 2.18. The SMILES string of the molecule is CN=C(NCCc1ccco1)N(C)CC1CC=CCC1. The number of hydrogen-bond acceptors (Lipinski definition) is 2. The summed E-state index contributed by atoms with van der Waals surface area (Å²) in [6, 6.07) is 3.93. The van der Waals surface area contributed by atoms with Crippen molar-refractivity contribution in [2.45, 2.75) is 25.7 Å². The minimum atomic E-state index is 0.744. The third-order valence-corrected chi connectivity index (χ3v) is 3.72. The Bertz CT molecular complexity index is 437. The van der Waals surface area contributed by atoms with Crippen molar-refractivity contribution in [2.24, 2.45) is 10.9 Å². The molecule has 4 nitrogen and oxygen atoms in total. The lowest BCUT2D eigenvalue weighted by atomic mass is 9.94. The van der Waals surface area contributed by atoms with Gasteiger partial charge in [0.25, 0.3) is 0 Å². The van der Waals surface area contributed by atoms with Gasteiger partial charge in [0, 0.05) is 33.6 Å². The highest BCUT2D eigenvalue weighted by atomic mass is 16.3. The van der Waals surface area contributed by atoms with Crippen LogP contribution in [0.2, 0.25) is 0 Å². The summed E-state index contributed by atoms with van der Waals surface area (Å²) >= 11 is 0. The molecule has 0 saturated carbocycles. The smallest absolute Gasteiger partial charge is 0.193 e. The van der Waals surface area contributed by atoms with Crippen molar-refractivity contribution in [1.82, 2.24) is 10.2 Å². The molecule has 0 saturated heterocycles. The van der Waals surface area contributed by atoms with E-state index in [0.717, 1.165) is 37.1 Å². The number of guanidine groups is 1. The first kappa shape index (κ1) is 14.7. The third kappa shape index (κ3) is 4.44. The molecule has 1 atom stereocenters. The van der Waals surface area contributed by atoms with Crippen LogP contribution in [-0.4, -0.2) is 38.0 Å². The Morgan fingerprint density at radius 1 is 1.50 bits per heavy atom. The molecular formula is C16H25N3O. The first-order chi connectivity index (χ1) is 9.79. The van der Waals surface area contributed by atoms with Crippen LogP contribution in [0, 0.1) is 5.92 Å². The minimum absolute atomic E-state index is 0.744. The van der Waals surface area contributed by atoms with Gasteiger partial charge in [0.2, 0.25) is 0 Å². The third-order valence-electron chi connectivity index (χ3n) is 3.72. The van der Waals surface area contributed by atoms with Gasteiger partial charge in [-0.2, -0.15) is 0 Å². The number of furan rings is 1. The number of rotatable bonds is 5. The van der Waals surface area contributed by atoms with Gasteiger partial charge in [-0.05, 0) is 37.3 Å². The van der Waals surface area contributed by atoms with E-state index in [9.17, 15) is 0 Å². The Balaban J connectivity index is 1.74. The van der Waals surface area contributed by atoms with Gasteiger partial charge in [-0.1, -0.05) is 12.2 Å². The van der Waals surface area contributed by atoms with E-state index in [4.69, 9.17) is 4.42 Å². The molecule has 1 aliphatic rings. The molecular weight excluding hydrogens is 250 g/mol. The quantitative estimate of drug-likeness (QED) is 0.510. The van der Waals surface area contributed by atoms with E-state index in [1.165, 1.54) is 19.3 Å². The van der Waals surface area contributed by atoms with E-state index in [-0.39, 0.29) is 0 Å². The molecule has 1 aliphatic carbocycles. The molecule has 0 aliphatic heterocycles. The van der Waals surface area contributed by atoms with Crippen molar-refractivity contribution in [3.63, 3.8) is 0 Å². The van der Waals surface area contributed by atoms with Gasteiger partial charge in [0.15, 0.2) is 5.96 Å². The molecule has 2 rings (SSSR count). The van der Waals surface area contributed by atoms with E-state index in [1.54, 1.807) is 6.26 Å². The summed E-state index contributed by atoms with van der Waals surface area (Å²) < 4.78 is 5.33. The van der Waals surface area contributed by atoms with Crippen molar-refractivity contribution in [2.75, 3.05) is 27.2 Å². The fraction of sp³-hybridized carbons (Fsp3) is 0.562. The Morgan fingerprint density at radius 3 is 3.05 bits per heavy atom. The van der Waals surface area contributed by atoms with Crippen molar-refractivity contribution >= 4 is 5.96 Å². The summed E-state index contributed by atoms with van der Waals surface area (Å²) in [7, 11) is 3.95. The molecule has 0 amide bonds. The second-order valence-electron chi connectivity index (χ2n) is 5.33. The van der Waals surface area contributed by atoms with Crippen LogP contribution in [0.1, 0.15) is 25.0 Å². The number of allylic oxidation sites excluding steroid dienone is 2. The summed E-state index contributed by atoms with van der Waals surface area (Å²) in [6.07, 6.45) is 10.9. The zero-order valence-electron chi connectivity index (χ0n) is 12.5. The van der Waals surface area contributed by atoms with E-state index in [1.807, 2.05) is 19.2 Å². The molecule has 20 heavy (non-hydrogen) atoms. The number of hydrogen-bond donors (Lipinski definition) is 1. The molecule has 1 aromatic rings. The summed E-state index contributed by atoms with van der Waals surface area (Å²) in [5.41, 5.74) is 0. The van der Waals surface area contributed by atoms with Gasteiger partial charge in [-0.3, -0.25) is 4.99 Å². The van der Waals surface area contributed by atoms with Crippen LogP contribution >= 0.6 is 0 Å². The Labute approximate surface area is 121 Å². The maximum Gasteiger partial charge on any atom is 0.193 e. The minimum Gasteiger partial charge on any atom is -0.469 e. The van der Waals surface area contributed by atoms with Crippen LogP contribution in [0.3, 0.4) is 0 Å². The highest BCUT2D eigenvalue weighted by molar-refractivity contribution is 5.79. The topological polar surface area (TPSA) is 40.8 Å². The summed E-state index contributed by atoms with van der Waals surface area (Å²) in [6.45, 7) is 1.90. The Hall–Kier alpha value is -1.71. The monoisotopic (exact) mass is 275 g/mol. The average molecular weight is 275 g/mol. The molecule has 110 valence electrons.